The predicted octanol–water partition coefficient (Wildman–Crippen LogP) is 6.69. The minimum Gasteiger partial charge on any atom is -0.350 e. The number of para-hydroxylation sites is 2. The van der Waals surface area contributed by atoms with E-state index in [1.807, 2.05) is 48.5 Å². The topological polar surface area (TPSA) is 78.5 Å². The lowest BCUT2D eigenvalue weighted by Crippen LogP contribution is -2.32. The second-order valence-corrected chi connectivity index (χ2v) is 10.1. The highest BCUT2D eigenvalue weighted by Gasteiger charge is 2.40. The number of thioether (sulfide) groups is 1. The lowest BCUT2D eigenvalue weighted by atomic mass is 10.2. The number of amides is 3. The summed E-state index contributed by atoms with van der Waals surface area (Å²) in [7, 11) is 0. The molecule has 0 saturated heterocycles. The summed E-state index contributed by atoms with van der Waals surface area (Å²) in [6.07, 6.45) is 0. The van der Waals surface area contributed by atoms with Gasteiger partial charge < -0.3 is 10.6 Å². The van der Waals surface area contributed by atoms with Crippen LogP contribution in [0.2, 0.25) is 0 Å². The Balaban J connectivity index is 1.39. The maximum absolute atomic E-state index is 13.4. The molecule has 182 valence electrons. The Morgan fingerprint density at radius 1 is 0.703 bits per heavy atom. The summed E-state index contributed by atoms with van der Waals surface area (Å²) >= 11 is 4.56. The highest BCUT2D eigenvalue weighted by molar-refractivity contribution is 9.10. The second-order valence-electron chi connectivity index (χ2n) is 8.06. The molecule has 0 radical (unpaired) electrons. The fraction of sp³-hybridized carbons (Fsp3) is 0. The van der Waals surface area contributed by atoms with Crippen molar-refractivity contribution in [2.45, 2.75) is 4.90 Å². The van der Waals surface area contributed by atoms with Crippen molar-refractivity contribution in [3.8, 4) is 0 Å². The quantitative estimate of drug-likeness (QED) is 0.242. The molecular weight excluding hydrogens is 550 g/mol. The maximum Gasteiger partial charge on any atom is 0.283 e. The Morgan fingerprint density at radius 3 is 1.97 bits per heavy atom. The molecule has 2 N–H and O–H groups in total. The molecule has 0 aliphatic carbocycles. The molecule has 0 saturated carbocycles. The minimum atomic E-state index is -0.416. The molecule has 4 aromatic carbocycles. The summed E-state index contributed by atoms with van der Waals surface area (Å²) in [5.74, 6) is -1.03. The van der Waals surface area contributed by atoms with E-state index < -0.39 is 11.8 Å². The van der Waals surface area contributed by atoms with Gasteiger partial charge in [-0.3, -0.25) is 14.4 Å². The van der Waals surface area contributed by atoms with Crippen molar-refractivity contribution in [3.05, 3.63) is 130 Å². The first-order valence-corrected chi connectivity index (χ1v) is 13.0. The van der Waals surface area contributed by atoms with Crippen LogP contribution in [-0.4, -0.2) is 17.7 Å². The van der Waals surface area contributed by atoms with Crippen LogP contribution in [0.1, 0.15) is 10.4 Å². The van der Waals surface area contributed by atoms with Gasteiger partial charge in [0.25, 0.3) is 17.7 Å². The van der Waals surface area contributed by atoms with Crippen molar-refractivity contribution < 1.29 is 14.4 Å². The summed E-state index contributed by atoms with van der Waals surface area (Å²) in [4.78, 5) is 41.6. The van der Waals surface area contributed by atoms with Gasteiger partial charge in [-0.2, -0.15) is 0 Å². The molecule has 0 bridgehead atoms. The number of hydrogen-bond acceptors (Lipinski definition) is 5. The van der Waals surface area contributed by atoms with Crippen molar-refractivity contribution in [1.82, 2.24) is 0 Å². The first-order valence-electron chi connectivity index (χ1n) is 11.3. The number of hydrogen-bond donors (Lipinski definition) is 2. The molecule has 1 aliphatic rings. The van der Waals surface area contributed by atoms with E-state index in [-0.39, 0.29) is 11.6 Å². The smallest absolute Gasteiger partial charge is 0.283 e. The van der Waals surface area contributed by atoms with E-state index in [4.69, 9.17) is 0 Å². The molecule has 4 aromatic rings. The van der Waals surface area contributed by atoms with Crippen molar-refractivity contribution in [3.63, 3.8) is 0 Å². The van der Waals surface area contributed by atoms with Gasteiger partial charge >= 0.3 is 0 Å². The van der Waals surface area contributed by atoms with Crippen LogP contribution in [0.4, 0.5) is 17.1 Å². The number of anilines is 3. The number of nitrogens with zero attached hydrogens (tertiary/aromatic N) is 1. The van der Waals surface area contributed by atoms with Crippen molar-refractivity contribution in [2.75, 3.05) is 15.5 Å². The Morgan fingerprint density at radius 2 is 1.32 bits per heavy atom. The predicted molar refractivity (Wildman–Crippen MR) is 150 cm³/mol. The lowest BCUT2D eigenvalue weighted by molar-refractivity contribution is -0.120. The highest BCUT2D eigenvalue weighted by Crippen LogP contribution is 2.38. The highest BCUT2D eigenvalue weighted by atomic mass is 79.9. The van der Waals surface area contributed by atoms with Crippen LogP contribution >= 0.6 is 27.7 Å². The summed E-state index contributed by atoms with van der Waals surface area (Å²) in [5.41, 5.74) is 2.59. The number of imide groups is 1. The monoisotopic (exact) mass is 569 g/mol. The molecule has 0 spiro atoms. The van der Waals surface area contributed by atoms with E-state index in [1.165, 1.54) is 16.7 Å². The number of carbonyl (C=O) groups excluding carboxylic acids is 3. The number of carbonyl (C=O) groups is 3. The minimum absolute atomic E-state index is 0.220. The molecule has 0 aromatic heterocycles. The van der Waals surface area contributed by atoms with E-state index >= 15 is 0 Å². The summed E-state index contributed by atoms with van der Waals surface area (Å²) in [6.45, 7) is 0. The van der Waals surface area contributed by atoms with Crippen LogP contribution < -0.4 is 15.5 Å². The van der Waals surface area contributed by atoms with Gasteiger partial charge in [0.1, 0.15) is 10.6 Å². The van der Waals surface area contributed by atoms with Crippen LogP contribution in [-0.2, 0) is 9.59 Å². The van der Waals surface area contributed by atoms with E-state index in [0.717, 1.165) is 9.37 Å². The van der Waals surface area contributed by atoms with Crippen LogP contribution in [0.25, 0.3) is 0 Å². The molecule has 0 unspecified atom stereocenters. The number of nitrogens with one attached hydrogen (secondary N) is 2. The van der Waals surface area contributed by atoms with Gasteiger partial charge in [0.15, 0.2) is 0 Å². The van der Waals surface area contributed by atoms with Gasteiger partial charge in [0.05, 0.1) is 5.69 Å². The molecule has 3 amide bonds. The zero-order valence-corrected chi connectivity index (χ0v) is 21.8. The standard InChI is InChI=1S/C29H20BrN3O3S/c30-20-13-11-19(12-14-20)27(34)32-22-15-17-24(18-16-22)37-26-25(31-21-7-3-1-4-8-21)28(35)33(29(26)36)23-9-5-2-6-10-23/h1-18,31H,(H,32,34). The number of halogens is 1. The number of rotatable bonds is 7. The third kappa shape index (κ3) is 5.50. The van der Waals surface area contributed by atoms with Gasteiger partial charge in [-0.15, -0.1) is 0 Å². The molecule has 1 heterocycles. The molecule has 0 atom stereocenters. The largest absolute Gasteiger partial charge is 0.350 e. The van der Waals surface area contributed by atoms with E-state index in [1.54, 1.807) is 60.7 Å². The summed E-state index contributed by atoms with van der Waals surface area (Å²) in [6, 6.07) is 32.3. The third-order valence-electron chi connectivity index (χ3n) is 5.54. The second kappa shape index (κ2) is 10.9. The molecule has 37 heavy (non-hydrogen) atoms. The number of benzene rings is 4. The molecule has 0 fully saturated rings. The van der Waals surface area contributed by atoms with Crippen molar-refractivity contribution >= 4 is 62.5 Å². The van der Waals surface area contributed by atoms with Crippen LogP contribution in [0.15, 0.2) is 129 Å². The van der Waals surface area contributed by atoms with Crippen LogP contribution in [0.3, 0.4) is 0 Å². The summed E-state index contributed by atoms with van der Waals surface area (Å²) in [5, 5.41) is 6.00. The fourth-order valence-corrected chi connectivity index (χ4v) is 4.91. The average Bonchev–Trinajstić information content (AvgIpc) is 3.15. The normalized spacial score (nSPS) is 13.2. The molecule has 1 aliphatic heterocycles. The van der Waals surface area contributed by atoms with Gasteiger partial charge in [-0.05, 0) is 72.8 Å². The molecular formula is C29H20BrN3O3S. The molecule has 5 rings (SSSR count). The SMILES string of the molecule is O=C(Nc1ccc(SC2=C(Nc3ccccc3)C(=O)N(c3ccccc3)C2=O)cc1)c1ccc(Br)cc1. The average molecular weight is 570 g/mol. The fourth-order valence-electron chi connectivity index (χ4n) is 3.72. The van der Waals surface area contributed by atoms with Gasteiger partial charge in [-0.1, -0.05) is 64.1 Å². The van der Waals surface area contributed by atoms with Gasteiger partial charge in [0.2, 0.25) is 0 Å². The molecule has 8 heteroatoms. The third-order valence-corrected chi connectivity index (χ3v) is 7.16. The Bertz CT molecular complexity index is 1490. The maximum atomic E-state index is 13.4. The van der Waals surface area contributed by atoms with Crippen LogP contribution in [0.5, 0.6) is 0 Å². The van der Waals surface area contributed by atoms with E-state index in [9.17, 15) is 14.4 Å². The van der Waals surface area contributed by atoms with E-state index in [0.29, 0.717) is 27.5 Å². The zero-order chi connectivity index (χ0) is 25.8. The first kappa shape index (κ1) is 24.5. The summed E-state index contributed by atoms with van der Waals surface area (Å²) < 4.78 is 0.895. The van der Waals surface area contributed by atoms with Crippen molar-refractivity contribution in [2.24, 2.45) is 0 Å². The van der Waals surface area contributed by atoms with E-state index in [2.05, 4.69) is 26.6 Å². The first-order chi connectivity index (χ1) is 18.0. The Labute approximate surface area is 226 Å². The molecule has 6 nitrogen and oxygen atoms in total. The lowest BCUT2D eigenvalue weighted by Gasteiger charge is -2.15. The Hall–Kier alpha value is -4.14. The zero-order valence-electron chi connectivity index (χ0n) is 19.4. The van der Waals surface area contributed by atoms with Crippen molar-refractivity contribution in [1.29, 1.82) is 0 Å². The Kier molecular flexibility index (Phi) is 7.20. The van der Waals surface area contributed by atoms with Gasteiger partial charge in [0, 0.05) is 26.3 Å². The van der Waals surface area contributed by atoms with Gasteiger partial charge in [-0.25, -0.2) is 4.90 Å². The van der Waals surface area contributed by atoms with Crippen LogP contribution in [0, 0.1) is 0 Å².